The van der Waals surface area contributed by atoms with E-state index in [0.717, 1.165) is 0 Å². The fourth-order valence-electron chi connectivity index (χ4n) is 7.86. The second kappa shape index (κ2) is 9.60. The average molecular weight is 596 g/mol. The maximum atomic E-state index is 2.47. The van der Waals surface area contributed by atoms with Crippen LogP contribution in [0.1, 0.15) is 30.5 Å². The maximum Gasteiger partial charge on any atom is 0.0556 e. The van der Waals surface area contributed by atoms with Crippen molar-refractivity contribution in [2.24, 2.45) is 0 Å². The van der Waals surface area contributed by atoms with Crippen molar-refractivity contribution in [2.75, 3.05) is 11.9 Å². The number of hydrogen-bond acceptors (Lipinski definition) is 2. The molecule has 0 aromatic heterocycles. The van der Waals surface area contributed by atoms with Gasteiger partial charge in [-0.25, -0.2) is 0 Å². The van der Waals surface area contributed by atoms with Gasteiger partial charge in [-0.3, -0.25) is 0 Å². The SMILES string of the molecule is Cc1ccc2c(-c3ccc4c(c3)N(C)c3ccccc3S4)c3ccccc3c(-c3ccc4c(c3)C(C)(C)c3ccccc3-4)c2c1. The quantitative estimate of drug-likeness (QED) is 0.183. The zero-order chi connectivity index (χ0) is 30.4. The Balaban J connectivity index is 1.30. The predicted molar refractivity (Wildman–Crippen MR) is 193 cm³/mol. The first kappa shape index (κ1) is 26.6. The third kappa shape index (κ3) is 3.82. The minimum Gasteiger partial charge on any atom is -0.343 e. The number of hydrogen-bond donors (Lipinski definition) is 0. The molecule has 0 radical (unpaired) electrons. The second-order valence-corrected chi connectivity index (χ2v) is 14.2. The third-order valence-corrected chi connectivity index (χ3v) is 11.2. The van der Waals surface area contributed by atoms with Crippen LogP contribution in [0.25, 0.3) is 54.9 Å². The molecule has 1 aliphatic heterocycles. The summed E-state index contributed by atoms with van der Waals surface area (Å²) in [6, 6.07) is 47.8. The highest BCUT2D eigenvalue weighted by Crippen LogP contribution is 2.53. The van der Waals surface area contributed by atoms with E-state index in [-0.39, 0.29) is 5.41 Å². The normalized spacial score (nSPS) is 14.3. The summed E-state index contributed by atoms with van der Waals surface area (Å²) in [6.45, 7) is 6.95. The number of benzene rings is 7. The Bertz CT molecular complexity index is 2360. The van der Waals surface area contributed by atoms with Crippen LogP contribution in [-0.2, 0) is 5.41 Å². The van der Waals surface area contributed by atoms with Gasteiger partial charge in [-0.05, 0) is 103 Å². The van der Waals surface area contributed by atoms with Gasteiger partial charge < -0.3 is 4.90 Å². The lowest BCUT2D eigenvalue weighted by Gasteiger charge is -2.30. The van der Waals surface area contributed by atoms with Crippen molar-refractivity contribution in [3.8, 4) is 33.4 Å². The fourth-order valence-corrected chi connectivity index (χ4v) is 8.99. The third-order valence-electron chi connectivity index (χ3n) is 10.1. The van der Waals surface area contributed by atoms with E-state index in [4.69, 9.17) is 0 Å². The Morgan fingerprint density at radius 1 is 0.511 bits per heavy atom. The fraction of sp³-hybridized carbons (Fsp3) is 0.116. The number of fused-ring (bicyclic) bond motifs is 7. The second-order valence-electron chi connectivity index (χ2n) is 13.1. The van der Waals surface area contributed by atoms with E-state index in [1.54, 1.807) is 0 Å². The molecule has 0 amide bonds. The van der Waals surface area contributed by atoms with Crippen LogP contribution in [0.3, 0.4) is 0 Å². The van der Waals surface area contributed by atoms with E-state index in [2.05, 4.69) is 160 Å². The topological polar surface area (TPSA) is 3.24 Å². The van der Waals surface area contributed by atoms with Crippen molar-refractivity contribution in [3.05, 3.63) is 144 Å². The van der Waals surface area contributed by atoms with Gasteiger partial charge in [-0.2, -0.15) is 0 Å². The monoisotopic (exact) mass is 595 g/mol. The van der Waals surface area contributed by atoms with E-state index in [9.17, 15) is 0 Å². The van der Waals surface area contributed by atoms with E-state index >= 15 is 0 Å². The zero-order valence-corrected chi connectivity index (χ0v) is 26.8. The van der Waals surface area contributed by atoms with E-state index < -0.39 is 0 Å². The van der Waals surface area contributed by atoms with Crippen LogP contribution < -0.4 is 4.90 Å². The summed E-state index contributed by atoms with van der Waals surface area (Å²) in [4.78, 5) is 4.94. The lowest BCUT2D eigenvalue weighted by atomic mass is 9.80. The number of para-hydroxylation sites is 1. The molecule has 9 rings (SSSR count). The van der Waals surface area contributed by atoms with E-state index in [0.29, 0.717) is 0 Å². The summed E-state index contributed by atoms with van der Waals surface area (Å²) in [5, 5.41) is 5.19. The summed E-state index contributed by atoms with van der Waals surface area (Å²) in [5.74, 6) is 0. The van der Waals surface area contributed by atoms with Gasteiger partial charge in [0.25, 0.3) is 0 Å². The lowest BCUT2D eigenvalue weighted by molar-refractivity contribution is 0.660. The lowest BCUT2D eigenvalue weighted by Crippen LogP contribution is -2.14. The molecule has 0 saturated carbocycles. The summed E-state index contributed by atoms with van der Waals surface area (Å²) < 4.78 is 0. The van der Waals surface area contributed by atoms with Gasteiger partial charge in [0.05, 0.1) is 11.4 Å². The van der Waals surface area contributed by atoms with Gasteiger partial charge >= 0.3 is 0 Å². The molecule has 1 heterocycles. The molecule has 0 spiro atoms. The van der Waals surface area contributed by atoms with Crippen LogP contribution in [0.2, 0.25) is 0 Å². The van der Waals surface area contributed by atoms with Crippen molar-refractivity contribution in [3.63, 3.8) is 0 Å². The minimum absolute atomic E-state index is 0.0464. The van der Waals surface area contributed by atoms with Crippen molar-refractivity contribution < 1.29 is 0 Å². The van der Waals surface area contributed by atoms with Crippen LogP contribution >= 0.6 is 11.8 Å². The molecule has 2 heteroatoms. The summed E-state index contributed by atoms with van der Waals surface area (Å²) >= 11 is 1.86. The highest BCUT2D eigenvalue weighted by molar-refractivity contribution is 7.99. The Labute approximate surface area is 269 Å². The molecular formula is C43H33NS. The van der Waals surface area contributed by atoms with Crippen LogP contribution in [0.5, 0.6) is 0 Å². The maximum absolute atomic E-state index is 2.47. The van der Waals surface area contributed by atoms with Crippen molar-refractivity contribution in [1.82, 2.24) is 0 Å². The molecule has 0 fully saturated rings. The van der Waals surface area contributed by atoms with Crippen molar-refractivity contribution in [2.45, 2.75) is 36.0 Å². The predicted octanol–water partition coefficient (Wildman–Crippen LogP) is 12.2. The van der Waals surface area contributed by atoms with Gasteiger partial charge in [-0.15, -0.1) is 0 Å². The zero-order valence-electron chi connectivity index (χ0n) is 26.0. The number of anilines is 2. The van der Waals surface area contributed by atoms with E-state index in [1.165, 1.54) is 92.8 Å². The summed E-state index contributed by atoms with van der Waals surface area (Å²) in [7, 11) is 2.19. The Morgan fingerprint density at radius 3 is 1.98 bits per heavy atom. The summed E-state index contributed by atoms with van der Waals surface area (Å²) in [5.41, 5.74) is 14.4. The van der Waals surface area contributed by atoms with Crippen LogP contribution in [0.4, 0.5) is 11.4 Å². The average Bonchev–Trinajstić information content (AvgIpc) is 3.29. The molecule has 7 aromatic carbocycles. The molecule has 0 bridgehead atoms. The first-order valence-electron chi connectivity index (χ1n) is 15.7. The molecule has 45 heavy (non-hydrogen) atoms. The molecule has 216 valence electrons. The smallest absolute Gasteiger partial charge is 0.0556 e. The molecule has 2 aliphatic rings. The first-order valence-corrected chi connectivity index (χ1v) is 16.6. The van der Waals surface area contributed by atoms with Crippen molar-refractivity contribution >= 4 is 44.7 Å². The van der Waals surface area contributed by atoms with Crippen LogP contribution in [-0.4, -0.2) is 7.05 Å². The Kier molecular flexibility index (Phi) is 5.68. The van der Waals surface area contributed by atoms with Crippen LogP contribution in [0, 0.1) is 6.92 Å². The van der Waals surface area contributed by atoms with Crippen LogP contribution in [0.15, 0.2) is 137 Å². The Morgan fingerprint density at radius 2 is 1.13 bits per heavy atom. The standard InChI is InChI=1S/C43H33NS/c1-26-17-20-33-34(23-26)42(27-18-21-30-29-11-7-8-14-35(29)43(2,3)36(30)24-27)32-13-6-5-12-31(32)41(33)28-19-22-40-38(25-28)44(4)37-15-9-10-16-39(37)45-40/h5-25H,1-4H3. The molecule has 1 nitrogen and oxygen atoms in total. The number of nitrogens with zero attached hydrogens (tertiary/aromatic N) is 1. The number of aryl methyl sites for hydroxylation is 1. The molecular weight excluding hydrogens is 563 g/mol. The van der Waals surface area contributed by atoms with Gasteiger partial charge in [0.1, 0.15) is 0 Å². The molecule has 0 N–H and O–H groups in total. The van der Waals surface area contributed by atoms with E-state index in [1.807, 2.05) is 11.8 Å². The Hall–Kier alpha value is -4.79. The molecule has 1 aliphatic carbocycles. The number of rotatable bonds is 2. The van der Waals surface area contributed by atoms with Gasteiger partial charge in [-0.1, -0.05) is 128 Å². The summed E-state index contributed by atoms with van der Waals surface area (Å²) in [6.07, 6.45) is 0. The minimum atomic E-state index is -0.0464. The van der Waals surface area contributed by atoms with Gasteiger partial charge in [0.2, 0.25) is 0 Å². The first-order chi connectivity index (χ1) is 21.9. The highest BCUT2D eigenvalue weighted by Gasteiger charge is 2.35. The van der Waals surface area contributed by atoms with Crippen molar-refractivity contribution in [1.29, 1.82) is 0 Å². The van der Waals surface area contributed by atoms with Gasteiger partial charge in [0, 0.05) is 22.3 Å². The largest absolute Gasteiger partial charge is 0.343 e. The molecule has 0 unspecified atom stereocenters. The molecule has 0 saturated heterocycles. The van der Waals surface area contributed by atoms with Gasteiger partial charge in [0.15, 0.2) is 0 Å². The highest BCUT2D eigenvalue weighted by atomic mass is 32.2. The molecule has 7 aromatic rings. The molecule has 0 atom stereocenters.